The number of hydrogen-bond acceptors (Lipinski definition) is 0. The molecule has 0 spiro atoms. The van der Waals surface area contributed by atoms with E-state index >= 15 is 0 Å². The van der Waals surface area contributed by atoms with Crippen LogP contribution in [0.5, 0.6) is 0 Å². The van der Waals surface area contributed by atoms with E-state index in [4.69, 9.17) is 0 Å². The monoisotopic (exact) mass is 216 g/mol. The molecule has 88 valence electrons. The Kier molecular flexibility index (Phi) is 12.9. The fourth-order valence-electron chi connectivity index (χ4n) is 1.27. The highest BCUT2D eigenvalue weighted by molar-refractivity contribution is 5.24. The molecule has 0 aliphatic heterocycles. The number of rotatable bonds is 6. The van der Waals surface area contributed by atoms with E-state index in [9.17, 15) is 0 Å². The van der Waals surface area contributed by atoms with Crippen LogP contribution in [0.4, 0.5) is 0 Å². The molecule has 0 aromatic rings. The van der Waals surface area contributed by atoms with E-state index in [-0.39, 0.29) is 0 Å². The van der Waals surface area contributed by atoms with Gasteiger partial charge in [-0.3, -0.25) is 0 Å². The lowest BCUT2D eigenvalue weighted by Gasteiger charge is -1.87. The molecule has 0 bridgehead atoms. The zero-order valence-electron chi connectivity index (χ0n) is 10.8. The van der Waals surface area contributed by atoms with Crippen LogP contribution in [0, 0.1) is 23.7 Å². The summed E-state index contributed by atoms with van der Waals surface area (Å²) in [5.41, 5.74) is 0. The summed E-state index contributed by atoms with van der Waals surface area (Å²) in [6.07, 6.45) is 13.3. The van der Waals surface area contributed by atoms with Crippen LogP contribution in [0.1, 0.15) is 65.2 Å². The number of allylic oxidation sites excluding steroid dienone is 2. The first kappa shape index (κ1) is 14.9. The Bertz CT molecular complexity index is 245. The zero-order valence-corrected chi connectivity index (χ0v) is 10.8. The van der Waals surface area contributed by atoms with Crippen molar-refractivity contribution in [1.82, 2.24) is 0 Å². The largest absolute Gasteiger partial charge is 0.0985 e. The van der Waals surface area contributed by atoms with Crippen LogP contribution in [0.15, 0.2) is 12.2 Å². The van der Waals surface area contributed by atoms with Gasteiger partial charge in [0, 0.05) is 12.8 Å². The maximum atomic E-state index is 3.13. The number of unbranched alkanes of at least 4 members (excludes halogenated alkanes) is 6. The Morgan fingerprint density at radius 2 is 1.12 bits per heavy atom. The van der Waals surface area contributed by atoms with E-state index in [0.29, 0.717) is 0 Å². The smallest absolute Gasteiger partial charge is 0.00922 e. The molecular weight excluding hydrogens is 192 g/mol. The molecule has 0 N–H and O–H groups in total. The van der Waals surface area contributed by atoms with Gasteiger partial charge in [0.1, 0.15) is 0 Å². The third-order valence-corrected chi connectivity index (χ3v) is 2.26. The van der Waals surface area contributed by atoms with Gasteiger partial charge >= 0.3 is 0 Å². The SMILES string of the molecule is CCCCCC#C/C=C\C#CCCCCC. The van der Waals surface area contributed by atoms with Crippen molar-refractivity contribution in [3.63, 3.8) is 0 Å². The molecular formula is C16H24. The van der Waals surface area contributed by atoms with Gasteiger partial charge in [0.25, 0.3) is 0 Å². The first-order valence-electron chi connectivity index (χ1n) is 6.53. The summed E-state index contributed by atoms with van der Waals surface area (Å²) in [6, 6.07) is 0. The van der Waals surface area contributed by atoms with Crippen molar-refractivity contribution >= 4 is 0 Å². The van der Waals surface area contributed by atoms with Crippen LogP contribution in [0.2, 0.25) is 0 Å². The molecule has 0 fully saturated rings. The van der Waals surface area contributed by atoms with E-state index in [1.165, 1.54) is 38.5 Å². The molecule has 0 radical (unpaired) electrons. The molecule has 0 aliphatic rings. The maximum absolute atomic E-state index is 3.13. The van der Waals surface area contributed by atoms with E-state index in [0.717, 1.165) is 12.8 Å². The predicted molar refractivity (Wildman–Crippen MR) is 73.0 cm³/mol. The first-order chi connectivity index (χ1) is 7.91. The normalized spacial score (nSPS) is 9.38. The van der Waals surface area contributed by atoms with Gasteiger partial charge in [-0.15, -0.1) is 0 Å². The fraction of sp³-hybridized carbons (Fsp3) is 0.625. The average molecular weight is 216 g/mol. The van der Waals surface area contributed by atoms with Gasteiger partial charge in [-0.05, 0) is 25.0 Å². The van der Waals surface area contributed by atoms with Crippen LogP contribution in [0.25, 0.3) is 0 Å². The minimum absolute atomic E-state index is 1.02. The highest BCUT2D eigenvalue weighted by atomic mass is 13.8. The molecule has 0 heteroatoms. The van der Waals surface area contributed by atoms with Gasteiger partial charge in [-0.2, -0.15) is 0 Å². The second-order valence-electron chi connectivity index (χ2n) is 3.89. The van der Waals surface area contributed by atoms with Crippen LogP contribution in [-0.2, 0) is 0 Å². The molecule has 0 saturated carbocycles. The molecule has 0 aromatic carbocycles. The van der Waals surface area contributed by atoms with Crippen LogP contribution in [-0.4, -0.2) is 0 Å². The summed E-state index contributed by atoms with van der Waals surface area (Å²) in [7, 11) is 0. The van der Waals surface area contributed by atoms with Crippen LogP contribution >= 0.6 is 0 Å². The van der Waals surface area contributed by atoms with Crippen molar-refractivity contribution in [2.45, 2.75) is 65.2 Å². The van der Waals surface area contributed by atoms with Crippen LogP contribution in [0.3, 0.4) is 0 Å². The minimum atomic E-state index is 1.02. The van der Waals surface area contributed by atoms with Crippen molar-refractivity contribution in [3.05, 3.63) is 12.2 Å². The minimum Gasteiger partial charge on any atom is -0.0985 e. The Morgan fingerprint density at radius 1 is 0.688 bits per heavy atom. The van der Waals surface area contributed by atoms with Gasteiger partial charge in [-0.25, -0.2) is 0 Å². The van der Waals surface area contributed by atoms with E-state index in [1.807, 2.05) is 12.2 Å². The molecule has 0 atom stereocenters. The lowest BCUT2D eigenvalue weighted by atomic mass is 10.2. The quantitative estimate of drug-likeness (QED) is 0.445. The van der Waals surface area contributed by atoms with E-state index in [1.54, 1.807) is 0 Å². The third-order valence-electron chi connectivity index (χ3n) is 2.26. The second-order valence-corrected chi connectivity index (χ2v) is 3.89. The Labute approximate surface area is 102 Å². The number of hydrogen-bond donors (Lipinski definition) is 0. The fourth-order valence-corrected chi connectivity index (χ4v) is 1.27. The Balaban J connectivity index is 3.44. The van der Waals surface area contributed by atoms with Crippen molar-refractivity contribution in [2.75, 3.05) is 0 Å². The maximum Gasteiger partial charge on any atom is 0.00922 e. The van der Waals surface area contributed by atoms with Gasteiger partial charge < -0.3 is 0 Å². The highest BCUT2D eigenvalue weighted by Crippen LogP contribution is 1.97. The first-order valence-corrected chi connectivity index (χ1v) is 6.53. The molecule has 0 rings (SSSR count). The molecule has 0 aromatic heterocycles. The summed E-state index contributed by atoms with van der Waals surface area (Å²) < 4.78 is 0. The van der Waals surface area contributed by atoms with Crippen molar-refractivity contribution in [2.24, 2.45) is 0 Å². The van der Waals surface area contributed by atoms with Gasteiger partial charge in [0.2, 0.25) is 0 Å². The lowest BCUT2D eigenvalue weighted by Crippen LogP contribution is -1.70. The summed E-state index contributed by atoms with van der Waals surface area (Å²) in [6.45, 7) is 4.42. The lowest BCUT2D eigenvalue weighted by molar-refractivity contribution is 0.737. The Hall–Kier alpha value is -1.14. The predicted octanol–water partition coefficient (Wildman–Crippen LogP) is 4.71. The van der Waals surface area contributed by atoms with Crippen molar-refractivity contribution < 1.29 is 0 Å². The average Bonchev–Trinajstić information content (AvgIpc) is 2.31. The molecule has 0 nitrogen and oxygen atoms in total. The molecule has 0 unspecified atom stereocenters. The van der Waals surface area contributed by atoms with E-state index in [2.05, 4.69) is 37.5 Å². The molecule has 0 heterocycles. The molecule has 0 amide bonds. The Morgan fingerprint density at radius 3 is 1.50 bits per heavy atom. The second kappa shape index (κ2) is 13.9. The van der Waals surface area contributed by atoms with Crippen molar-refractivity contribution in [3.8, 4) is 23.7 Å². The van der Waals surface area contributed by atoms with Gasteiger partial charge in [0.05, 0.1) is 0 Å². The molecule has 16 heavy (non-hydrogen) atoms. The van der Waals surface area contributed by atoms with E-state index < -0.39 is 0 Å². The summed E-state index contributed by atoms with van der Waals surface area (Å²) >= 11 is 0. The van der Waals surface area contributed by atoms with Gasteiger partial charge in [0.15, 0.2) is 0 Å². The topological polar surface area (TPSA) is 0 Å². The highest BCUT2D eigenvalue weighted by Gasteiger charge is 1.80. The molecule has 0 saturated heterocycles. The van der Waals surface area contributed by atoms with Crippen LogP contribution < -0.4 is 0 Å². The summed E-state index contributed by atoms with van der Waals surface area (Å²) in [4.78, 5) is 0. The van der Waals surface area contributed by atoms with Gasteiger partial charge in [-0.1, -0.05) is 63.2 Å². The molecule has 0 aliphatic carbocycles. The summed E-state index contributed by atoms with van der Waals surface area (Å²) in [5.74, 6) is 12.3. The van der Waals surface area contributed by atoms with Crippen molar-refractivity contribution in [1.29, 1.82) is 0 Å². The zero-order chi connectivity index (χ0) is 11.9. The third kappa shape index (κ3) is 12.9. The summed E-state index contributed by atoms with van der Waals surface area (Å²) in [5, 5.41) is 0. The standard InChI is InChI=1S/C16H24/c1-3-5-7-9-11-13-15-16-14-12-10-8-6-4-2/h15-16H,3-10H2,1-2H3/b16-15-.